The average molecular weight is 479 g/mol. The van der Waals surface area contributed by atoms with E-state index in [1.165, 1.54) is 24.0 Å². The number of rotatable bonds is 4. The van der Waals surface area contributed by atoms with Crippen LogP contribution in [0.4, 0.5) is 0 Å². The summed E-state index contributed by atoms with van der Waals surface area (Å²) in [6.07, 6.45) is 8.22. The SMILES string of the molecule is CCOc1ccc(CN2CCC3(CCCCc4ccccc4OCCCC(=O)N(C)C3)CC2)cc1. The minimum Gasteiger partial charge on any atom is -0.494 e. The Labute approximate surface area is 211 Å². The summed E-state index contributed by atoms with van der Waals surface area (Å²) in [4.78, 5) is 17.5. The van der Waals surface area contributed by atoms with Gasteiger partial charge in [0.05, 0.1) is 13.2 Å². The Morgan fingerprint density at radius 1 is 0.943 bits per heavy atom. The highest BCUT2D eigenvalue weighted by Gasteiger charge is 2.36. The first-order chi connectivity index (χ1) is 17.1. The molecule has 4 rings (SSSR count). The minimum absolute atomic E-state index is 0.222. The van der Waals surface area contributed by atoms with Crippen molar-refractivity contribution in [2.75, 3.05) is 39.9 Å². The molecule has 190 valence electrons. The van der Waals surface area contributed by atoms with Gasteiger partial charge in [-0.25, -0.2) is 0 Å². The summed E-state index contributed by atoms with van der Waals surface area (Å²) in [7, 11) is 2.00. The van der Waals surface area contributed by atoms with E-state index in [4.69, 9.17) is 9.47 Å². The molecule has 0 N–H and O–H groups in total. The van der Waals surface area contributed by atoms with Gasteiger partial charge in [0.1, 0.15) is 11.5 Å². The lowest BCUT2D eigenvalue weighted by Crippen LogP contribution is -2.46. The molecule has 0 saturated carbocycles. The molecule has 5 nitrogen and oxygen atoms in total. The predicted octanol–water partition coefficient (Wildman–Crippen LogP) is 5.71. The van der Waals surface area contributed by atoms with Crippen molar-refractivity contribution in [3.8, 4) is 11.5 Å². The lowest BCUT2D eigenvalue weighted by atomic mass is 9.73. The van der Waals surface area contributed by atoms with E-state index >= 15 is 0 Å². The van der Waals surface area contributed by atoms with Crippen LogP contribution in [0.15, 0.2) is 48.5 Å². The molecule has 35 heavy (non-hydrogen) atoms. The van der Waals surface area contributed by atoms with Gasteiger partial charge < -0.3 is 14.4 Å². The van der Waals surface area contributed by atoms with Gasteiger partial charge in [-0.1, -0.05) is 36.8 Å². The first-order valence-electron chi connectivity index (χ1n) is 13.5. The third-order valence-corrected chi connectivity index (χ3v) is 7.72. The van der Waals surface area contributed by atoms with Gasteiger partial charge in [0.15, 0.2) is 0 Å². The van der Waals surface area contributed by atoms with Crippen LogP contribution in [0.5, 0.6) is 11.5 Å². The average Bonchev–Trinajstić information content (AvgIpc) is 2.87. The molecule has 5 heteroatoms. The van der Waals surface area contributed by atoms with Gasteiger partial charge in [-0.05, 0) is 93.3 Å². The van der Waals surface area contributed by atoms with Crippen molar-refractivity contribution in [3.05, 3.63) is 59.7 Å². The quantitative estimate of drug-likeness (QED) is 0.564. The molecule has 0 aliphatic carbocycles. The zero-order valence-corrected chi connectivity index (χ0v) is 21.6. The maximum atomic E-state index is 12.9. The number of carbonyl (C=O) groups excluding carboxylic acids is 1. The summed E-state index contributed by atoms with van der Waals surface area (Å²) in [5.74, 6) is 2.17. The first-order valence-corrected chi connectivity index (χ1v) is 13.5. The number of carbonyl (C=O) groups is 1. The monoisotopic (exact) mass is 478 g/mol. The van der Waals surface area contributed by atoms with Crippen molar-refractivity contribution in [1.82, 2.24) is 9.80 Å². The van der Waals surface area contributed by atoms with E-state index in [9.17, 15) is 4.79 Å². The molecule has 0 aromatic heterocycles. The molecule has 2 aliphatic heterocycles. The third kappa shape index (κ3) is 7.23. The smallest absolute Gasteiger partial charge is 0.222 e. The summed E-state index contributed by atoms with van der Waals surface area (Å²) in [6, 6.07) is 16.9. The van der Waals surface area contributed by atoms with Crippen LogP contribution in [-0.4, -0.2) is 55.6 Å². The number of aryl methyl sites for hydroxylation is 1. The van der Waals surface area contributed by atoms with Crippen molar-refractivity contribution in [3.63, 3.8) is 0 Å². The minimum atomic E-state index is 0.222. The highest BCUT2D eigenvalue weighted by atomic mass is 16.5. The molecule has 0 unspecified atom stereocenters. The molecule has 1 amide bonds. The van der Waals surface area contributed by atoms with Gasteiger partial charge in [-0.3, -0.25) is 9.69 Å². The van der Waals surface area contributed by atoms with Crippen LogP contribution < -0.4 is 9.47 Å². The fourth-order valence-corrected chi connectivity index (χ4v) is 5.64. The van der Waals surface area contributed by atoms with E-state index in [2.05, 4.69) is 47.4 Å². The number of hydrogen-bond donors (Lipinski definition) is 0. The van der Waals surface area contributed by atoms with E-state index < -0.39 is 0 Å². The molecule has 0 bridgehead atoms. The second-order valence-electron chi connectivity index (χ2n) is 10.4. The van der Waals surface area contributed by atoms with Crippen LogP contribution in [-0.2, 0) is 17.8 Å². The van der Waals surface area contributed by atoms with Gasteiger partial charge in [-0.2, -0.15) is 0 Å². The number of benzene rings is 2. The number of nitrogens with zero attached hydrogens (tertiary/aromatic N) is 2. The zero-order chi connectivity index (χ0) is 24.5. The van der Waals surface area contributed by atoms with Gasteiger partial charge >= 0.3 is 0 Å². The lowest BCUT2D eigenvalue weighted by molar-refractivity contribution is -0.132. The lowest BCUT2D eigenvalue weighted by Gasteiger charge is -2.44. The maximum Gasteiger partial charge on any atom is 0.222 e. The highest BCUT2D eigenvalue weighted by molar-refractivity contribution is 5.75. The third-order valence-electron chi connectivity index (χ3n) is 7.72. The normalized spacial score (nSPS) is 20.1. The second kappa shape index (κ2) is 12.4. The molecule has 1 spiro atoms. The van der Waals surface area contributed by atoms with Crippen LogP contribution >= 0.6 is 0 Å². The summed E-state index contributed by atoms with van der Waals surface area (Å²) in [5, 5.41) is 0. The van der Waals surface area contributed by atoms with Gasteiger partial charge in [0.25, 0.3) is 0 Å². The fraction of sp³-hybridized carbons (Fsp3) is 0.567. The molecule has 2 aliphatic rings. The molecule has 1 saturated heterocycles. The standard InChI is InChI=1S/C30H42N2O3/c1-3-34-27-15-13-25(14-16-27)23-32-20-18-30(19-21-32)17-7-6-10-26-9-4-5-11-28(26)35-22-8-12-29(33)31(2)24-30/h4-5,9,11,13-16H,3,6-8,10,12,17-24H2,1-2H3. The summed E-state index contributed by atoms with van der Waals surface area (Å²) in [5.41, 5.74) is 2.86. The number of piperidine rings is 1. The molecule has 0 radical (unpaired) electrons. The van der Waals surface area contributed by atoms with Crippen LogP contribution in [0.1, 0.15) is 63.0 Å². The van der Waals surface area contributed by atoms with Gasteiger partial charge in [0, 0.05) is 26.6 Å². The molecule has 0 atom stereocenters. The Morgan fingerprint density at radius 2 is 1.71 bits per heavy atom. The molecule has 2 aromatic carbocycles. The van der Waals surface area contributed by atoms with Crippen LogP contribution in [0, 0.1) is 5.41 Å². The van der Waals surface area contributed by atoms with Crippen molar-refractivity contribution in [2.24, 2.45) is 5.41 Å². The summed E-state index contributed by atoms with van der Waals surface area (Å²) in [6.45, 7) is 7.35. The van der Waals surface area contributed by atoms with E-state index in [1.807, 2.05) is 24.9 Å². The van der Waals surface area contributed by atoms with E-state index in [1.54, 1.807) is 0 Å². The van der Waals surface area contributed by atoms with Crippen LogP contribution in [0.3, 0.4) is 0 Å². The molecular weight excluding hydrogens is 436 g/mol. The number of hydrogen-bond acceptors (Lipinski definition) is 4. The Hall–Kier alpha value is -2.53. The second-order valence-corrected chi connectivity index (χ2v) is 10.4. The zero-order valence-electron chi connectivity index (χ0n) is 21.6. The predicted molar refractivity (Wildman–Crippen MR) is 141 cm³/mol. The van der Waals surface area contributed by atoms with E-state index in [0.717, 1.165) is 69.8 Å². The molecule has 2 aromatic rings. The van der Waals surface area contributed by atoms with Crippen molar-refractivity contribution in [2.45, 2.75) is 64.8 Å². The number of likely N-dealkylation sites (tertiary alicyclic amines) is 1. The van der Waals surface area contributed by atoms with Crippen molar-refractivity contribution < 1.29 is 14.3 Å². The fourth-order valence-electron chi connectivity index (χ4n) is 5.64. The summed E-state index contributed by atoms with van der Waals surface area (Å²) >= 11 is 0. The molecule has 1 fully saturated rings. The van der Waals surface area contributed by atoms with Gasteiger partial charge in [0.2, 0.25) is 5.91 Å². The van der Waals surface area contributed by atoms with Crippen LogP contribution in [0.25, 0.3) is 0 Å². The number of ether oxygens (including phenoxy) is 2. The highest BCUT2D eigenvalue weighted by Crippen LogP contribution is 2.38. The van der Waals surface area contributed by atoms with Crippen molar-refractivity contribution in [1.29, 1.82) is 0 Å². The first kappa shape index (κ1) is 25.6. The summed E-state index contributed by atoms with van der Waals surface area (Å²) < 4.78 is 11.6. The Kier molecular flexibility index (Phi) is 9.08. The van der Waals surface area contributed by atoms with E-state index in [0.29, 0.717) is 19.6 Å². The topological polar surface area (TPSA) is 42.0 Å². The van der Waals surface area contributed by atoms with Crippen molar-refractivity contribution >= 4 is 5.91 Å². The Bertz CT molecular complexity index is 935. The largest absolute Gasteiger partial charge is 0.494 e. The Balaban J connectivity index is 1.38. The number of fused-ring (bicyclic) bond motifs is 1. The van der Waals surface area contributed by atoms with Crippen LogP contribution in [0.2, 0.25) is 0 Å². The number of para-hydroxylation sites is 1. The molecule has 2 heterocycles. The van der Waals surface area contributed by atoms with E-state index in [-0.39, 0.29) is 11.3 Å². The Morgan fingerprint density at radius 3 is 2.49 bits per heavy atom. The molecular formula is C30H42N2O3. The maximum absolute atomic E-state index is 12.9. The van der Waals surface area contributed by atoms with Gasteiger partial charge in [-0.15, -0.1) is 0 Å². The number of amides is 1.